The Labute approximate surface area is 161 Å². The van der Waals surface area contributed by atoms with Crippen molar-refractivity contribution in [3.8, 4) is 0 Å². The number of rotatable bonds is 6. The van der Waals surface area contributed by atoms with Crippen molar-refractivity contribution in [3.05, 3.63) is 23.8 Å². The molecule has 0 aliphatic carbocycles. The number of amides is 1. The second kappa shape index (κ2) is 8.21. The first-order valence-electron chi connectivity index (χ1n) is 6.89. The minimum atomic E-state index is -4.46. The molecule has 0 atom stereocenters. The van der Waals surface area contributed by atoms with Gasteiger partial charge in [-0.25, -0.2) is 0 Å². The van der Waals surface area contributed by atoms with Crippen LogP contribution in [-0.2, 0) is 24.4 Å². The van der Waals surface area contributed by atoms with Gasteiger partial charge in [-0.2, -0.15) is 8.42 Å². The van der Waals surface area contributed by atoms with E-state index in [2.05, 4.69) is 0 Å². The number of fused-ring (bicyclic) bond motifs is 1. The number of Topliss-reactive ketones (excluding diaryl/α,β-unsaturated/α-hetero) is 1. The van der Waals surface area contributed by atoms with Crippen molar-refractivity contribution in [1.29, 1.82) is 0 Å². The van der Waals surface area contributed by atoms with Crippen LogP contribution in [0.1, 0.15) is 30.1 Å². The van der Waals surface area contributed by atoms with Crippen molar-refractivity contribution in [2.24, 2.45) is 0 Å². The zero-order chi connectivity index (χ0) is 17.2. The normalized spacial score (nSPS) is 13.5. The predicted molar refractivity (Wildman–Crippen MR) is 86.0 cm³/mol. The number of hydrogen-bond donors (Lipinski definition) is 1. The Morgan fingerprint density at radius 1 is 1.29 bits per heavy atom. The summed E-state index contributed by atoms with van der Waals surface area (Å²) in [5.74, 6) is -2.04. The van der Waals surface area contributed by atoms with E-state index >= 15 is 0 Å². The van der Waals surface area contributed by atoms with Crippen LogP contribution in [0, 0.1) is 0 Å². The Morgan fingerprint density at radius 3 is 2.54 bits per heavy atom. The zero-order valence-corrected chi connectivity index (χ0v) is 13.1. The molecular weight excluding hydrogens is 349 g/mol. The van der Waals surface area contributed by atoms with Gasteiger partial charge in [0.1, 0.15) is 0 Å². The van der Waals surface area contributed by atoms with E-state index in [4.69, 9.17) is 9.29 Å². The summed E-state index contributed by atoms with van der Waals surface area (Å²) in [6.07, 6.45) is 0.404. The molecule has 0 bridgehead atoms. The molecule has 1 amide bonds. The van der Waals surface area contributed by atoms with Crippen LogP contribution in [0.5, 0.6) is 0 Å². The number of esters is 1. The van der Waals surface area contributed by atoms with Crippen molar-refractivity contribution in [2.75, 3.05) is 18.1 Å². The van der Waals surface area contributed by atoms with Crippen LogP contribution in [0.4, 0.5) is 5.69 Å². The average molecular weight is 365 g/mol. The molecule has 0 saturated heterocycles. The summed E-state index contributed by atoms with van der Waals surface area (Å²) in [6, 6.07) is 3.36. The standard InChI is InChI=1S/C14H15NO7S.Na.H/c1-2-22-12(16)4-3-7-15-11-6-5-9(23(19,20)21)8-10(11)13(17)14(15)18;;/h5-6,8H,2-4,7H2,1H3,(H,19,20,21);;. The molecule has 0 fully saturated rings. The van der Waals surface area contributed by atoms with E-state index in [0.717, 1.165) is 12.1 Å². The quantitative estimate of drug-likeness (QED) is 0.330. The number of carbonyl (C=O) groups is 3. The van der Waals surface area contributed by atoms with E-state index in [1.807, 2.05) is 0 Å². The van der Waals surface area contributed by atoms with Crippen molar-refractivity contribution in [2.45, 2.75) is 24.7 Å². The van der Waals surface area contributed by atoms with Crippen molar-refractivity contribution in [3.63, 3.8) is 0 Å². The molecule has 0 saturated carbocycles. The third kappa shape index (κ3) is 4.42. The Bertz CT molecular complexity index is 775. The van der Waals surface area contributed by atoms with E-state index in [0.29, 0.717) is 6.42 Å². The van der Waals surface area contributed by atoms with Crippen molar-refractivity contribution >= 4 is 63.0 Å². The fourth-order valence-electron chi connectivity index (χ4n) is 2.28. The summed E-state index contributed by atoms with van der Waals surface area (Å²) in [5.41, 5.74) is 0.178. The predicted octanol–water partition coefficient (Wildman–Crippen LogP) is 0.157. The Kier molecular flexibility index (Phi) is 7.11. The van der Waals surface area contributed by atoms with Gasteiger partial charge in [-0.05, 0) is 31.5 Å². The van der Waals surface area contributed by atoms with Gasteiger partial charge < -0.3 is 9.64 Å². The molecule has 2 rings (SSSR count). The van der Waals surface area contributed by atoms with Gasteiger partial charge in [-0.15, -0.1) is 0 Å². The molecule has 1 N–H and O–H groups in total. The summed E-state index contributed by atoms with van der Waals surface area (Å²) in [7, 11) is -4.46. The second-order valence-corrected chi connectivity index (χ2v) is 6.27. The van der Waals surface area contributed by atoms with Crippen LogP contribution in [0.3, 0.4) is 0 Å². The number of anilines is 1. The molecule has 1 aliphatic rings. The van der Waals surface area contributed by atoms with Gasteiger partial charge in [0.15, 0.2) is 0 Å². The number of ketones is 1. The molecule has 8 nitrogen and oxygen atoms in total. The van der Waals surface area contributed by atoms with Gasteiger partial charge in [0.2, 0.25) is 0 Å². The fraction of sp³-hybridized carbons (Fsp3) is 0.357. The van der Waals surface area contributed by atoms with Crippen LogP contribution in [-0.4, -0.2) is 73.3 Å². The monoisotopic (exact) mass is 365 g/mol. The Hall–Kier alpha value is -1.26. The van der Waals surface area contributed by atoms with E-state index in [1.54, 1.807) is 6.92 Å². The molecule has 10 heteroatoms. The maximum atomic E-state index is 12.0. The van der Waals surface area contributed by atoms with Gasteiger partial charge in [-0.3, -0.25) is 18.9 Å². The van der Waals surface area contributed by atoms with E-state index in [9.17, 15) is 22.8 Å². The van der Waals surface area contributed by atoms with Gasteiger partial charge in [-0.1, -0.05) is 0 Å². The first kappa shape index (κ1) is 20.8. The van der Waals surface area contributed by atoms with Crippen LogP contribution in [0.25, 0.3) is 0 Å². The molecule has 0 aromatic heterocycles. The van der Waals surface area contributed by atoms with Crippen LogP contribution < -0.4 is 4.90 Å². The number of benzene rings is 1. The SMILES string of the molecule is CCOC(=O)CCCN1C(=O)C(=O)c2cc(S(=O)(=O)O)ccc21.[NaH]. The molecule has 126 valence electrons. The summed E-state index contributed by atoms with van der Waals surface area (Å²) in [4.78, 5) is 35.9. The second-order valence-electron chi connectivity index (χ2n) is 4.85. The number of hydrogen-bond acceptors (Lipinski definition) is 6. The molecule has 0 radical (unpaired) electrons. The first-order valence-corrected chi connectivity index (χ1v) is 8.33. The zero-order valence-electron chi connectivity index (χ0n) is 12.3. The number of carbonyl (C=O) groups excluding carboxylic acids is 3. The van der Waals surface area contributed by atoms with E-state index in [1.165, 1.54) is 11.0 Å². The molecule has 0 unspecified atom stereocenters. The van der Waals surface area contributed by atoms with Gasteiger partial charge >= 0.3 is 35.5 Å². The first-order chi connectivity index (χ1) is 10.8. The maximum absolute atomic E-state index is 12.0. The van der Waals surface area contributed by atoms with Crippen LogP contribution in [0.15, 0.2) is 23.1 Å². The summed E-state index contributed by atoms with van der Waals surface area (Å²) in [5, 5.41) is 0. The van der Waals surface area contributed by atoms with Gasteiger partial charge in [0.25, 0.3) is 21.8 Å². The summed E-state index contributed by atoms with van der Waals surface area (Å²) >= 11 is 0. The molecule has 1 aromatic carbocycles. The van der Waals surface area contributed by atoms with Crippen molar-refractivity contribution < 1.29 is 32.1 Å². The minimum absolute atomic E-state index is 0. The van der Waals surface area contributed by atoms with Crippen LogP contribution >= 0.6 is 0 Å². The topological polar surface area (TPSA) is 118 Å². The van der Waals surface area contributed by atoms with Gasteiger partial charge in [0.05, 0.1) is 22.8 Å². The molecule has 1 aliphatic heterocycles. The number of ether oxygens (including phenoxy) is 1. The number of nitrogens with zero attached hydrogens (tertiary/aromatic N) is 1. The van der Waals surface area contributed by atoms with E-state index < -0.39 is 32.7 Å². The summed E-state index contributed by atoms with van der Waals surface area (Å²) in [6.45, 7) is 2.08. The average Bonchev–Trinajstić information content (AvgIpc) is 2.71. The third-order valence-electron chi connectivity index (χ3n) is 3.31. The molecular formula is C14H16NNaO7S. The Balaban J connectivity index is 0.00000288. The third-order valence-corrected chi connectivity index (χ3v) is 4.16. The molecule has 1 heterocycles. The fourth-order valence-corrected chi connectivity index (χ4v) is 2.78. The summed E-state index contributed by atoms with van der Waals surface area (Å²) < 4.78 is 36.0. The Morgan fingerprint density at radius 2 is 1.96 bits per heavy atom. The van der Waals surface area contributed by atoms with E-state index in [-0.39, 0.29) is 60.4 Å². The molecule has 0 spiro atoms. The van der Waals surface area contributed by atoms with Crippen LogP contribution in [0.2, 0.25) is 0 Å². The van der Waals surface area contributed by atoms with Gasteiger partial charge in [0, 0.05) is 13.0 Å². The molecule has 1 aromatic rings. The van der Waals surface area contributed by atoms with Crippen molar-refractivity contribution in [1.82, 2.24) is 0 Å². The molecule has 24 heavy (non-hydrogen) atoms.